The van der Waals surface area contributed by atoms with Crippen LogP contribution in [0.2, 0.25) is 0 Å². The molecule has 0 spiro atoms. The number of imidazole rings is 1. The van der Waals surface area contributed by atoms with Crippen LogP contribution in [0.25, 0.3) is 33.6 Å². The minimum atomic E-state index is 0.723. The van der Waals surface area contributed by atoms with Crippen LogP contribution in [0.3, 0.4) is 0 Å². The van der Waals surface area contributed by atoms with Gasteiger partial charge in [0.05, 0.1) is 11.0 Å². The number of fused-ring (bicyclic) bond motifs is 2. The Labute approximate surface area is 115 Å². The number of aryl methyl sites for hydroxylation is 2. The van der Waals surface area contributed by atoms with E-state index in [4.69, 9.17) is 0 Å². The van der Waals surface area contributed by atoms with Crippen molar-refractivity contribution in [2.24, 2.45) is 7.05 Å². The van der Waals surface area contributed by atoms with Gasteiger partial charge in [0.1, 0.15) is 5.69 Å². The van der Waals surface area contributed by atoms with Crippen molar-refractivity contribution in [3.8, 4) is 11.5 Å². The van der Waals surface area contributed by atoms with Gasteiger partial charge in [-0.1, -0.05) is 18.2 Å². The van der Waals surface area contributed by atoms with E-state index in [9.17, 15) is 0 Å². The van der Waals surface area contributed by atoms with E-state index < -0.39 is 0 Å². The number of nitrogens with zero attached hydrogens (tertiary/aromatic N) is 4. The Bertz CT molecular complexity index is 932. The minimum Gasteiger partial charge on any atom is -0.335 e. The number of aromatic amines is 1. The van der Waals surface area contributed by atoms with Crippen molar-refractivity contribution in [2.75, 3.05) is 0 Å². The first kappa shape index (κ1) is 11.2. The SMILES string of the molecule is Cc1cnc2nc(-c3nn(C)c4ccccc34)[nH]c2c1. The molecule has 0 unspecified atom stereocenters. The molecule has 0 saturated heterocycles. The largest absolute Gasteiger partial charge is 0.335 e. The lowest BCUT2D eigenvalue weighted by molar-refractivity contribution is 0.798. The Morgan fingerprint density at radius 3 is 2.95 bits per heavy atom. The molecule has 3 aromatic heterocycles. The highest BCUT2D eigenvalue weighted by molar-refractivity contribution is 5.93. The van der Waals surface area contributed by atoms with E-state index in [0.717, 1.165) is 39.1 Å². The van der Waals surface area contributed by atoms with Gasteiger partial charge in [0.25, 0.3) is 0 Å². The van der Waals surface area contributed by atoms with Gasteiger partial charge in [0.2, 0.25) is 0 Å². The van der Waals surface area contributed by atoms with Crippen molar-refractivity contribution in [3.05, 3.63) is 42.1 Å². The quantitative estimate of drug-likeness (QED) is 0.574. The molecule has 4 rings (SSSR count). The number of rotatable bonds is 1. The third-order valence-electron chi connectivity index (χ3n) is 3.46. The first-order chi connectivity index (χ1) is 9.72. The van der Waals surface area contributed by atoms with Crippen molar-refractivity contribution < 1.29 is 0 Å². The maximum Gasteiger partial charge on any atom is 0.178 e. The number of H-pyrrole nitrogens is 1. The van der Waals surface area contributed by atoms with Gasteiger partial charge in [-0.3, -0.25) is 4.68 Å². The standard InChI is InChI=1S/C15H13N5/c1-9-7-11-14(16-8-9)18-15(17-11)13-10-5-3-4-6-12(10)20(2)19-13/h3-8H,1-2H3,(H,16,17,18). The molecule has 1 aromatic carbocycles. The number of pyridine rings is 1. The van der Waals surface area contributed by atoms with Crippen LogP contribution in [0.1, 0.15) is 5.56 Å². The van der Waals surface area contributed by atoms with Crippen LogP contribution in [0.5, 0.6) is 0 Å². The summed E-state index contributed by atoms with van der Waals surface area (Å²) in [5.41, 5.74) is 4.72. The van der Waals surface area contributed by atoms with E-state index in [0.29, 0.717) is 0 Å². The van der Waals surface area contributed by atoms with Gasteiger partial charge >= 0.3 is 0 Å². The zero-order valence-corrected chi connectivity index (χ0v) is 11.3. The number of hydrogen-bond acceptors (Lipinski definition) is 3. The number of para-hydroxylation sites is 1. The fourth-order valence-corrected chi connectivity index (χ4v) is 2.51. The Kier molecular flexibility index (Phi) is 2.18. The van der Waals surface area contributed by atoms with E-state index in [1.165, 1.54) is 0 Å². The molecule has 0 aliphatic rings. The zero-order chi connectivity index (χ0) is 13.7. The number of nitrogens with one attached hydrogen (secondary N) is 1. The lowest BCUT2D eigenvalue weighted by Gasteiger charge is -1.91. The molecule has 4 aromatic rings. The molecular formula is C15H13N5. The van der Waals surface area contributed by atoms with Gasteiger partial charge in [-0.25, -0.2) is 9.97 Å². The molecule has 0 saturated carbocycles. The number of aromatic nitrogens is 5. The summed E-state index contributed by atoms with van der Waals surface area (Å²) in [7, 11) is 1.94. The monoisotopic (exact) mass is 263 g/mol. The van der Waals surface area contributed by atoms with Crippen LogP contribution in [-0.4, -0.2) is 24.7 Å². The predicted octanol–water partition coefficient (Wildman–Crippen LogP) is 2.82. The van der Waals surface area contributed by atoms with Crippen LogP contribution in [0.4, 0.5) is 0 Å². The molecule has 0 bridgehead atoms. The van der Waals surface area contributed by atoms with Crippen molar-refractivity contribution >= 4 is 22.1 Å². The lowest BCUT2D eigenvalue weighted by atomic mass is 10.2. The van der Waals surface area contributed by atoms with Crippen molar-refractivity contribution in [1.82, 2.24) is 24.7 Å². The van der Waals surface area contributed by atoms with Crippen LogP contribution in [0.15, 0.2) is 36.5 Å². The van der Waals surface area contributed by atoms with E-state index >= 15 is 0 Å². The van der Waals surface area contributed by atoms with E-state index in [1.807, 2.05) is 43.0 Å². The molecule has 0 radical (unpaired) electrons. The van der Waals surface area contributed by atoms with Gasteiger partial charge in [0, 0.05) is 18.6 Å². The van der Waals surface area contributed by atoms with E-state index in [-0.39, 0.29) is 0 Å². The first-order valence-corrected chi connectivity index (χ1v) is 6.47. The average molecular weight is 263 g/mol. The molecule has 1 N–H and O–H groups in total. The second kappa shape index (κ2) is 3.90. The third kappa shape index (κ3) is 1.53. The molecule has 98 valence electrons. The Morgan fingerprint density at radius 2 is 2.05 bits per heavy atom. The van der Waals surface area contributed by atoms with Crippen LogP contribution in [0, 0.1) is 6.92 Å². The molecular weight excluding hydrogens is 250 g/mol. The molecule has 3 heterocycles. The predicted molar refractivity (Wildman–Crippen MR) is 78.3 cm³/mol. The molecule has 0 fully saturated rings. The summed E-state index contributed by atoms with van der Waals surface area (Å²) in [6, 6.07) is 10.2. The molecule has 0 aliphatic carbocycles. The van der Waals surface area contributed by atoms with Crippen LogP contribution in [-0.2, 0) is 7.05 Å². The fraction of sp³-hybridized carbons (Fsp3) is 0.133. The smallest absolute Gasteiger partial charge is 0.178 e. The van der Waals surface area contributed by atoms with Gasteiger partial charge in [-0.2, -0.15) is 5.10 Å². The second-order valence-corrected chi connectivity index (χ2v) is 4.96. The first-order valence-electron chi connectivity index (χ1n) is 6.47. The molecule has 5 nitrogen and oxygen atoms in total. The van der Waals surface area contributed by atoms with Gasteiger partial charge < -0.3 is 4.98 Å². The highest BCUT2D eigenvalue weighted by Crippen LogP contribution is 2.26. The Morgan fingerprint density at radius 1 is 1.20 bits per heavy atom. The lowest BCUT2D eigenvalue weighted by Crippen LogP contribution is -1.90. The third-order valence-corrected chi connectivity index (χ3v) is 3.46. The zero-order valence-electron chi connectivity index (χ0n) is 11.3. The summed E-state index contributed by atoms with van der Waals surface area (Å²) in [6.45, 7) is 2.02. The van der Waals surface area contributed by atoms with Crippen molar-refractivity contribution in [1.29, 1.82) is 0 Å². The summed E-state index contributed by atoms with van der Waals surface area (Å²) in [6.07, 6.45) is 1.82. The molecule has 5 heteroatoms. The maximum absolute atomic E-state index is 4.57. The topological polar surface area (TPSA) is 59.4 Å². The summed E-state index contributed by atoms with van der Waals surface area (Å²) in [5, 5.41) is 5.66. The highest BCUT2D eigenvalue weighted by Gasteiger charge is 2.14. The fourth-order valence-electron chi connectivity index (χ4n) is 2.51. The summed E-state index contributed by atoms with van der Waals surface area (Å²) in [5.74, 6) is 0.759. The maximum atomic E-state index is 4.57. The molecule has 0 amide bonds. The Balaban J connectivity index is 2.01. The molecule has 20 heavy (non-hydrogen) atoms. The summed E-state index contributed by atoms with van der Waals surface area (Å²) in [4.78, 5) is 12.2. The van der Waals surface area contributed by atoms with Crippen LogP contribution < -0.4 is 0 Å². The minimum absolute atomic E-state index is 0.723. The van der Waals surface area contributed by atoms with Gasteiger partial charge in [-0.15, -0.1) is 0 Å². The number of benzene rings is 1. The number of hydrogen-bond donors (Lipinski definition) is 1. The van der Waals surface area contributed by atoms with E-state index in [1.54, 1.807) is 0 Å². The normalized spacial score (nSPS) is 11.5. The Hall–Kier alpha value is -2.69. The highest BCUT2D eigenvalue weighted by atomic mass is 15.3. The molecule has 0 atom stereocenters. The van der Waals surface area contributed by atoms with Crippen LogP contribution >= 0.6 is 0 Å². The van der Waals surface area contributed by atoms with Crippen molar-refractivity contribution in [2.45, 2.75) is 6.92 Å². The van der Waals surface area contributed by atoms with Gasteiger partial charge in [-0.05, 0) is 24.6 Å². The van der Waals surface area contributed by atoms with Crippen molar-refractivity contribution in [3.63, 3.8) is 0 Å². The average Bonchev–Trinajstić information content (AvgIpc) is 3.00. The van der Waals surface area contributed by atoms with Gasteiger partial charge in [0.15, 0.2) is 11.5 Å². The van der Waals surface area contributed by atoms with E-state index in [2.05, 4.69) is 32.2 Å². The summed E-state index contributed by atoms with van der Waals surface area (Å²) >= 11 is 0. The molecule has 0 aliphatic heterocycles. The summed E-state index contributed by atoms with van der Waals surface area (Å²) < 4.78 is 1.87. The second-order valence-electron chi connectivity index (χ2n) is 4.96.